The number of carbonyl (C=O) groups is 1. The van der Waals surface area contributed by atoms with Crippen LogP contribution in [-0.2, 0) is 10.2 Å². The van der Waals surface area contributed by atoms with Crippen LogP contribution in [0.15, 0.2) is 18.2 Å². The fourth-order valence-electron chi connectivity index (χ4n) is 4.73. The van der Waals surface area contributed by atoms with Gasteiger partial charge in [-0.2, -0.15) is 0 Å². The van der Waals surface area contributed by atoms with Crippen molar-refractivity contribution in [1.82, 2.24) is 4.90 Å². The average Bonchev–Trinajstić information content (AvgIpc) is 3.04. The summed E-state index contributed by atoms with van der Waals surface area (Å²) in [5.41, 5.74) is 6.84. The van der Waals surface area contributed by atoms with Crippen LogP contribution in [0.25, 0.3) is 0 Å². The van der Waals surface area contributed by atoms with Crippen molar-refractivity contribution in [1.29, 1.82) is 0 Å². The minimum atomic E-state index is -0.392. The Labute approximate surface area is 159 Å². The molecule has 3 nitrogen and oxygen atoms in total. The molecule has 1 aromatic rings. The lowest BCUT2D eigenvalue weighted by Crippen LogP contribution is -2.51. The molecule has 1 heterocycles. The molecule has 6 heteroatoms. The van der Waals surface area contributed by atoms with Crippen LogP contribution in [0.5, 0.6) is 0 Å². The van der Waals surface area contributed by atoms with Crippen LogP contribution in [0.2, 0.25) is 10.0 Å². The number of nitrogens with two attached hydrogens (primary N) is 1. The number of benzene rings is 1. The minimum Gasteiger partial charge on any atom is -0.341 e. The Morgan fingerprint density at radius 1 is 1.17 bits per heavy atom. The van der Waals surface area contributed by atoms with Crippen molar-refractivity contribution in [2.75, 3.05) is 13.1 Å². The fraction of sp³-hybridized carbons (Fsp3) is 0.611. The van der Waals surface area contributed by atoms with Gasteiger partial charge in [0.25, 0.3) is 0 Å². The van der Waals surface area contributed by atoms with E-state index in [1.807, 2.05) is 12.1 Å². The van der Waals surface area contributed by atoms with Crippen LogP contribution in [0, 0.1) is 11.8 Å². The smallest absolute Gasteiger partial charge is 0.233 e. The summed E-state index contributed by atoms with van der Waals surface area (Å²) in [6.45, 7) is 1.70. The molecule has 132 valence electrons. The number of carbonyl (C=O) groups excluding carboxylic acids is 1. The first-order valence-electron chi connectivity index (χ1n) is 8.52. The highest BCUT2D eigenvalue weighted by Gasteiger charge is 2.51. The molecule has 2 aliphatic carbocycles. The Kier molecular flexibility index (Phi) is 5.10. The highest BCUT2D eigenvalue weighted by Crippen LogP contribution is 2.48. The Morgan fingerprint density at radius 2 is 1.92 bits per heavy atom. The summed E-state index contributed by atoms with van der Waals surface area (Å²) in [4.78, 5) is 15.4. The lowest BCUT2D eigenvalue weighted by atomic mass is 9.63. The van der Waals surface area contributed by atoms with Crippen LogP contribution >= 0.6 is 35.6 Å². The zero-order valence-electron chi connectivity index (χ0n) is 13.5. The Balaban J connectivity index is 0.00000169. The summed E-state index contributed by atoms with van der Waals surface area (Å²) in [7, 11) is 0. The van der Waals surface area contributed by atoms with Crippen LogP contribution in [0.3, 0.4) is 0 Å². The molecule has 1 amide bonds. The number of likely N-dealkylation sites (tertiary alicyclic amines) is 1. The van der Waals surface area contributed by atoms with Gasteiger partial charge in [-0.3, -0.25) is 4.79 Å². The molecule has 3 aliphatic rings. The molecule has 2 saturated carbocycles. The van der Waals surface area contributed by atoms with E-state index in [0.29, 0.717) is 21.9 Å². The number of hydrogen-bond donors (Lipinski definition) is 1. The van der Waals surface area contributed by atoms with E-state index < -0.39 is 5.41 Å². The molecule has 4 rings (SSSR count). The highest BCUT2D eigenvalue weighted by atomic mass is 35.5. The first-order chi connectivity index (χ1) is 11.0. The predicted molar refractivity (Wildman–Crippen MR) is 100 cm³/mol. The van der Waals surface area contributed by atoms with Gasteiger partial charge in [0, 0.05) is 19.1 Å². The van der Waals surface area contributed by atoms with Crippen LogP contribution in [-0.4, -0.2) is 29.9 Å². The van der Waals surface area contributed by atoms with Crippen LogP contribution in [0.4, 0.5) is 0 Å². The summed E-state index contributed by atoms with van der Waals surface area (Å²) in [5, 5.41) is 1.07. The predicted octanol–water partition coefficient (Wildman–Crippen LogP) is 4.03. The topological polar surface area (TPSA) is 46.3 Å². The molecule has 0 aromatic heterocycles. The first-order valence-corrected chi connectivity index (χ1v) is 9.27. The van der Waals surface area contributed by atoms with E-state index in [1.165, 1.54) is 0 Å². The maximum atomic E-state index is 13.3. The number of nitrogens with zero attached hydrogens (tertiary/aromatic N) is 1. The maximum Gasteiger partial charge on any atom is 0.233 e. The molecule has 24 heavy (non-hydrogen) atoms. The van der Waals surface area contributed by atoms with Crippen molar-refractivity contribution in [3.63, 3.8) is 0 Å². The molecule has 0 bridgehead atoms. The van der Waals surface area contributed by atoms with Crippen molar-refractivity contribution in [3.05, 3.63) is 33.8 Å². The zero-order chi connectivity index (χ0) is 16.2. The van der Waals surface area contributed by atoms with Gasteiger partial charge in [-0.15, -0.1) is 12.4 Å². The molecular formula is C18H23Cl3N2O. The molecule has 1 saturated heterocycles. The van der Waals surface area contributed by atoms with E-state index in [-0.39, 0.29) is 24.4 Å². The molecular weight excluding hydrogens is 367 g/mol. The first kappa shape index (κ1) is 18.3. The van der Waals surface area contributed by atoms with Crippen molar-refractivity contribution in [2.45, 2.75) is 43.6 Å². The number of rotatable bonds is 2. The SMILES string of the molecule is Cl.NC1CCC2CN(C(=O)C3(c4ccc(Cl)c(Cl)c4)CCC3)CC12. The monoisotopic (exact) mass is 388 g/mol. The van der Waals surface area contributed by atoms with Gasteiger partial charge in [0.05, 0.1) is 15.5 Å². The molecule has 3 atom stereocenters. The van der Waals surface area contributed by atoms with E-state index >= 15 is 0 Å². The summed E-state index contributed by atoms with van der Waals surface area (Å²) >= 11 is 12.2. The van der Waals surface area contributed by atoms with Gasteiger partial charge in [-0.1, -0.05) is 35.7 Å². The quantitative estimate of drug-likeness (QED) is 0.830. The van der Waals surface area contributed by atoms with Gasteiger partial charge < -0.3 is 10.6 Å². The van der Waals surface area contributed by atoms with E-state index in [4.69, 9.17) is 28.9 Å². The second kappa shape index (κ2) is 6.68. The van der Waals surface area contributed by atoms with Crippen molar-refractivity contribution >= 4 is 41.5 Å². The van der Waals surface area contributed by atoms with Crippen molar-refractivity contribution in [2.24, 2.45) is 17.6 Å². The van der Waals surface area contributed by atoms with E-state index in [0.717, 1.165) is 50.8 Å². The van der Waals surface area contributed by atoms with Gasteiger partial charge in [0.2, 0.25) is 5.91 Å². The summed E-state index contributed by atoms with van der Waals surface area (Å²) in [5.74, 6) is 1.36. The van der Waals surface area contributed by atoms with Gasteiger partial charge in [-0.05, 0) is 55.2 Å². The zero-order valence-corrected chi connectivity index (χ0v) is 15.8. The Hall–Kier alpha value is -0.480. The normalized spacial score (nSPS) is 30.5. The molecule has 1 aliphatic heterocycles. The standard InChI is InChI=1S/C18H22Cl2N2O.ClH/c19-14-4-3-12(8-15(14)20)18(6-1-7-18)17(23)22-9-11-2-5-16(21)13(11)10-22;/h3-4,8,11,13,16H,1-2,5-7,9-10,21H2;1H. The van der Waals surface area contributed by atoms with Crippen molar-refractivity contribution in [3.8, 4) is 0 Å². The average molecular weight is 390 g/mol. The van der Waals surface area contributed by atoms with Gasteiger partial charge >= 0.3 is 0 Å². The summed E-state index contributed by atoms with van der Waals surface area (Å²) in [6.07, 6.45) is 5.17. The molecule has 0 radical (unpaired) electrons. The number of fused-ring (bicyclic) bond motifs is 1. The Morgan fingerprint density at radius 3 is 2.50 bits per heavy atom. The van der Waals surface area contributed by atoms with Gasteiger partial charge in [-0.25, -0.2) is 0 Å². The third-order valence-electron chi connectivity index (χ3n) is 6.29. The molecule has 3 fully saturated rings. The summed E-state index contributed by atoms with van der Waals surface area (Å²) < 4.78 is 0. The van der Waals surface area contributed by atoms with Crippen LogP contribution in [0.1, 0.15) is 37.7 Å². The van der Waals surface area contributed by atoms with E-state index in [1.54, 1.807) is 6.07 Å². The second-order valence-electron chi connectivity index (χ2n) is 7.44. The minimum absolute atomic E-state index is 0. The maximum absolute atomic E-state index is 13.3. The third-order valence-corrected chi connectivity index (χ3v) is 7.03. The van der Waals surface area contributed by atoms with Crippen molar-refractivity contribution < 1.29 is 4.79 Å². The fourth-order valence-corrected chi connectivity index (χ4v) is 5.02. The number of amides is 1. The lowest BCUT2D eigenvalue weighted by Gasteiger charge is -2.43. The lowest BCUT2D eigenvalue weighted by molar-refractivity contribution is -0.140. The third kappa shape index (κ3) is 2.74. The summed E-state index contributed by atoms with van der Waals surface area (Å²) in [6, 6.07) is 5.92. The van der Waals surface area contributed by atoms with Gasteiger partial charge in [0.1, 0.15) is 0 Å². The molecule has 3 unspecified atom stereocenters. The van der Waals surface area contributed by atoms with Gasteiger partial charge in [0.15, 0.2) is 0 Å². The molecule has 0 spiro atoms. The van der Waals surface area contributed by atoms with E-state index in [9.17, 15) is 4.79 Å². The Bertz CT molecular complexity index is 647. The second-order valence-corrected chi connectivity index (χ2v) is 8.25. The molecule has 2 N–H and O–H groups in total. The molecule has 1 aromatic carbocycles. The number of hydrogen-bond acceptors (Lipinski definition) is 2. The van der Waals surface area contributed by atoms with Crippen LogP contribution < -0.4 is 5.73 Å². The highest BCUT2D eigenvalue weighted by molar-refractivity contribution is 6.42. The largest absolute Gasteiger partial charge is 0.341 e. The number of halogens is 3. The van der Waals surface area contributed by atoms with E-state index in [2.05, 4.69) is 4.90 Å².